The Kier molecular flexibility index (Phi) is 7.30. The highest BCUT2D eigenvalue weighted by Gasteiger charge is 2.48. The van der Waals surface area contributed by atoms with Crippen molar-refractivity contribution in [3.8, 4) is 0 Å². The maximum absolute atomic E-state index is 13.5. The lowest BCUT2D eigenvalue weighted by Crippen LogP contribution is -2.42. The molecule has 0 spiro atoms. The fourth-order valence-electron chi connectivity index (χ4n) is 6.02. The van der Waals surface area contributed by atoms with Crippen LogP contribution in [-0.2, 0) is 26.6 Å². The van der Waals surface area contributed by atoms with Crippen LogP contribution < -0.4 is 0 Å². The molecule has 0 radical (unpaired) electrons. The van der Waals surface area contributed by atoms with Crippen LogP contribution in [0.4, 0.5) is 26.3 Å². The van der Waals surface area contributed by atoms with Crippen molar-refractivity contribution in [2.45, 2.75) is 57.4 Å². The van der Waals surface area contributed by atoms with Gasteiger partial charge >= 0.3 is 12.4 Å². The molecule has 5 atom stereocenters. The number of halogens is 6. The van der Waals surface area contributed by atoms with Crippen LogP contribution in [0, 0.1) is 18.8 Å². The molecule has 0 saturated carbocycles. The lowest BCUT2D eigenvalue weighted by Gasteiger charge is -2.41. The summed E-state index contributed by atoms with van der Waals surface area (Å²) in [6, 6.07) is 9.22. The van der Waals surface area contributed by atoms with Crippen molar-refractivity contribution in [1.82, 2.24) is 4.90 Å². The third-order valence-corrected chi connectivity index (χ3v) is 8.05. The van der Waals surface area contributed by atoms with Crippen LogP contribution in [0.25, 0.3) is 0 Å². The second-order valence-electron chi connectivity index (χ2n) is 10.6. The van der Waals surface area contributed by atoms with E-state index in [0.717, 1.165) is 16.8 Å². The molecule has 2 aromatic rings. The molecular formula is C29H29F6NO3. The summed E-state index contributed by atoms with van der Waals surface area (Å²) < 4.78 is 93.1. The summed E-state index contributed by atoms with van der Waals surface area (Å²) in [5.41, 5.74) is -0.0493. The molecule has 39 heavy (non-hydrogen) atoms. The second-order valence-corrected chi connectivity index (χ2v) is 10.6. The van der Waals surface area contributed by atoms with Gasteiger partial charge in [0.25, 0.3) is 0 Å². The van der Waals surface area contributed by atoms with Crippen LogP contribution >= 0.6 is 0 Å². The number of allylic oxidation sites excluding steroid dienone is 2. The third kappa shape index (κ3) is 5.72. The largest absolute Gasteiger partial charge is 0.416 e. The Bertz CT molecular complexity index is 1240. The molecule has 3 aliphatic rings. The average molecular weight is 554 g/mol. The average Bonchev–Trinajstić information content (AvgIpc) is 3.49. The van der Waals surface area contributed by atoms with E-state index in [1.165, 1.54) is 6.92 Å². The quantitative estimate of drug-likeness (QED) is 0.372. The Morgan fingerprint density at radius 1 is 0.974 bits per heavy atom. The first-order chi connectivity index (χ1) is 18.3. The van der Waals surface area contributed by atoms with Crippen LogP contribution in [0.1, 0.15) is 59.6 Å². The number of hydrogen-bond acceptors (Lipinski definition) is 4. The van der Waals surface area contributed by atoms with Gasteiger partial charge in [-0.1, -0.05) is 24.3 Å². The SMILES string of the molecule is Cc1ccccc1[C@@H]1C(O[C@H](C)c2cc(C(F)(F)F)cc(C(F)(F)F)c2)OC[C@@H]2CN(C3=CC(=O)CC3)C[C@H]21. The summed E-state index contributed by atoms with van der Waals surface area (Å²) in [6.07, 6.45) is -9.03. The van der Waals surface area contributed by atoms with Gasteiger partial charge in [-0.15, -0.1) is 0 Å². The third-order valence-electron chi connectivity index (χ3n) is 8.05. The van der Waals surface area contributed by atoms with Crippen LogP contribution in [-0.4, -0.2) is 36.7 Å². The molecule has 1 aliphatic carbocycles. The number of likely N-dealkylation sites (tertiary alicyclic amines) is 1. The molecule has 1 unspecified atom stereocenters. The number of carbonyl (C=O) groups is 1. The van der Waals surface area contributed by atoms with Gasteiger partial charge in [0.2, 0.25) is 0 Å². The Hall–Kier alpha value is -2.85. The van der Waals surface area contributed by atoms with E-state index in [2.05, 4.69) is 4.90 Å². The van der Waals surface area contributed by atoms with Crippen molar-refractivity contribution in [1.29, 1.82) is 0 Å². The van der Waals surface area contributed by atoms with E-state index in [0.29, 0.717) is 44.7 Å². The molecule has 2 fully saturated rings. The normalized spacial score (nSPS) is 26.5. The summed E-state index contributed by atoms with van der Waals surface area (Å²) in [5.74, 6) is -0.0171. The van der Waals surface area contributed by atoms with Crippen molar-refractivity contribution in [3.63, 3.8) is 0 Å². The Balaban J connectivity index is 1.46. The number of nitrogens with zero attached hydrogens (tertiary/aromatic N) is 1. The highest BCUT2D eigenvalue weighted by atomic mass is 19.4. The summed E-state index contributed by atoms with van der Waals surface area (Å²) in [4.78, 5) is 14.0. The zero-order valence-corrected chi connectivity index (χ0v) is 21.5. The minimum atomic E-state index is -4.95. The van der Waals surface area contributed by atoms with Gasteiger partial charge in [0.1, 0.15) is 0 Å². The lowest BCUT2D eigenvalue weighted by molar-refractivity contribution is -0.217. The van der Waals surface area contributed by atoms with Crippen molar-refractivity contribution >= 4 is 5.78 Å². The van der Waals surface area contributed by atoms with Crippen molar-refractivity contribution in [3.05, 3.63) is 82.1 Å². The van der Waals surface area contributed by atoms with Crippen molar-refractivity contribution < 1.29 is 40.6 Å². The highest BCUT2D eigenvalue weighted by molar-refractivity contribution is 5.92. The van der Waals surface area contributed by atoms with Gasteiger partial charge in [0.05, 0.1) is 23.8 Å². The zero-order valence-electron chi connectivity index (χ0n) is 21.5. The molecule has 4 nitrogen and oxygen atoms in total. The fraction of sp³-hybridized carbons (Fsp3) is 0.483. The van der Waals surface area contributed by atoms with Gasteiger partial charge in [0, 0.05) is 43.1 Å². The van der Waals surface area contributed by atoms with E-state index in [1.807, 2.05) is 31.2 Å². The number of ketones is 1. The lowest BCUT2D eigenvalue weighted by atomic mass is 9.76. The zero-order chi connectivity index (χ0) is 28.1. The number of benzene rings is 2. The van der Waals surface area contributed by atoms with E-state index < -0.39 is 35.9 Å². The van der Waals surface area contributed by atoms with Crippen molar-refractivity contribution in [2.75, 3.05) is 19.7 Å². The van der Waals surface area contributed by atoms with Gasteiger partial charge in [-0.3, -0.25) is 4.79 Å². The summed E-state index contributed by atoms with van der Waals surface area (Å²) in [5, 5.41) is 0. The van der Waals surface area contributed by atoms with E-state index in [1.54, 1.807) is 6.08 Å². The maximum Gasteiger partial charge on any atom is 0.416 e. The number of ether oxygens (including phenoxy) is 2. The molecule has 2 heterocycles. The van der Waals surface area contributed by atoms with Crippen LogP contribution in [0.15, 0.2) is 54.2 Å². The fourth-order valence-corrected chi connectivity index (χ4v) is 6.02. The molecule has 0 bridgehead atoms. The topological polar surface area (TPSA) is 38.8 Å². The first-order valence-corrected chi connectivity index (χ1v) is 12.9. The molecule has 0 aromatic heterocycles. The Morgan fingerprint density at radius 2 is 1.64 bits per heavy atom. The van der Waals surface area contributed by atoms with Gasteiger partial charge < -0.3 is 14.4 Å². The molecule has 210 valence electrons. The van der Waals surface area contributed by atoms with Gasteiger partial charge in [-0.05, 0) is 61.1 Å². The molecule has 2 aromatic carbocycles. The molecular weight excluding hydrogens is 524 g/mol. The number of carbonyl (C=O) groups excluding carboxylic acids is 1. The molecule has 5 rings (SSSR count). The Labute approximate surface area is 222 Å². The van der Waals surface area contributed by atoms with E-state index in [4.69, 9.17) is 9.47 Å². The predicted molar refractivity (Wildman–Crippen MR) is 130 cm³/mol. The molecule has 2 saturated heterocycles. The molecule has 2 aliphatic heterocycles. The van der Waals surface area contributed by atoms with Crippen LogP contribution in [0.5, 0.6) is 0 Å². The monoisotopic (exact) mass is 553 g/mol. The highest BCUT2D eigenvalue weighted by Crippen LogP contribution is 2.47. The minimum absolute atomic E-state index is 0.0564. The standard InChI is InChI=1S/C29H29F6NO3/c1-16-5-3-4-6-24(16)26-25-14-36(22-7-8-23(37)12-22)13-19(25)15-38-27(26)39-17(2)18-9-20(28(30,31)32)11-21(10-18)29(33,34)35/h3-6,9-12,17,19,25-27H,7-8,13-15H2,1-2H3/t17-,19+,25-,26+,27?/m1/s1. The van der Waals surface area contributed by atoms with E-state index in [-0.39, 0.29) is 35.2 Å². The first-order valence-electron chi connectivity index (χ1n) is 12.9. The van der Waals surface area contributed by atoms with Gasteiger partial charge in [-0.2, -0.15) is 26.3 Å². The van der Waals surface area contributed by atoms with E-state index >= 15 is 0 Å². The van der Waals surface area contributed by atoms with Crippen LogP contribution in [0.3, 0.4) is 0 Å². The van der Waals surface area contributed by atoms with Crippen LogP contribution in [0.2, 0.25) is 0 Å². The second kappa shape index (κ2) is 10.3. The van der Waals surface area contributed by atoms with Crippen molar-refractivity contribution in [2.24, 2.45) is 11.8 Å². The maximum atomic E-state index is 13.5. The summed E-state index contributed by atoms with van der Waals surface area (Å²) in [7, 11) is 0. The summed E-state index contributed by atoms with van der Waals surface area (Å²) in [6.45, 7) is 5.08. The van der Waals surface area contributed by atoms with Gasteiger partial charge in [0.15, 0.2) is 12.1 Å². The number of aryl methyl sites for hydroxylation is 1. The minimum Gasteiger partial charge on any atom is -0.374 e. The molecule has 0 amide bonds. The molecule has 0 N–H and O–H groups in total. The molecule has 10 heteroatoms. The predicted octanol–water partition coefficient (Wildman–Crippen LogP) is 7.05. The summed E-state index contributed by atoms with van der Waals surface area (Å²) >= 11 is 0. The number of rotatable bonds is 5. The number of hydrogen-bond donors (Lipinski definition) is 0. The first kappa shape index (κ1) is 27.7. The van der Waals surface area contributed by atoms with E-state index in [9.17, 15) is 31.1 Å². The Morgan fingerprint density at radius 3 is 2.23 bits per heavy atom. The smallest absolute Gasteiger partial charge is 0.374 e. The number of alkyl halides is 6. The number of fused-ring (bicyclic) bond motifs is 1. The van der Waals surface area contributed by atoms with Gasteiger partial charge in [-0.25, -0.2) is 0 Å².